The number of ether oxygens (including phenoxy) is 1. The van der Waals surface area contributed by atoms with Crippen LogP contribution in [-0.2, 0) is 14.3 Å². The van der Waals surface area contributed by atoms with Crippen molar-refractivity contribution in [3.8, 4) is 0 Å². The highest BCUT2D eigenvalue weighted by Gasteiger charge is 2.45. The van der Waals surface area contributed by atoms with Gasteiger partial charge in [-0.25, -0.2) is 0 Å². The van der Waals surface area contributed by atoms with Crippen molar-refractivity contribution in [2.45, 2.75) is 57.3 Å². The lowest BCUT2D eigenvalue weighted by molar-refractivity contribution is -0.178. The number of unbranched alkanes of at least 4 members (excludes halogenated alkanes) is 1. The van der Waals surface area contributed by atoms with Gasteiger partial charge in [-0.05, 0) is 41.8 Å². The van der Waals surface area contributed by atoms with Gasteiger partial charge < -0.3 is 10.1 Å². The van der Waals surface area contributed by atoms with E-state index < -0.39 is 54.0 Å². The van der Waals surface area contributed by atoms with Crippen LogP contribution < -0.4 is 5.32 Å². The predicted octanol–water partition coefficient (Wildman–Crippen LogP) is 8.29. The lowest BCUT2D eigenvalue weighted by Crippen LogP contribution is -2.34. The quantitative estimate of drug-likeness (QED) is 0.177. The van der Waals surface area contributed by atoms with Gasteiger partial charge >= 0.3 is 18.3 Å². The van der Waals surface area contributed by atoms with Crippen LogP contribution in [0.25, 0.3) is 0 Å². The van der Waals surface area contributed by atoms with Crippen molar-refractivity contribution in [3.05, 3.63) is 63.6 Å². The normalized spacial score (nSPS) is 14.5. The first-order valence-electron chi connectivity index (χ1n) is 11.3. The van der Waals surface area contributed by atoms with Crippen LogP contribution in [0.1, 0.15) is 56.1 Å². The lowest BCUT2D eigenvalue weighted by atomic mass is 9.85. The minimum absolute atomic E-state index is 0.00185. The maximum Gasteiger partial charge on any atom is 0.396 e. The Bertz CT molecular complexity index is 1070. The molecule has 0 aromatic heterocycles. The van der Waals surface area contributed by atoms with Gasteiger partial charge in [0.15, 0.2) is 0 Å². The number of carbonyl (C=O) groups is 2. The fraction of sp³-hybridized carbons (Fsp3) is 0.440. The van der Waals surface area contributed by atoms with Crippen LogP contribution in [0.5, 0.6) is 0 Å². The zero-order chi connectivity index (χ0) is 28.0. The number of carbonyl (C=O) groups excluding carboxylic acids is 2. The molecule has 12 heteroatoms. The molecule has 0 fully saturated rings. The van der Waals surface area contributed by atoms with Crippen molar-refractivity contribution < 1.29 is 40.7 Å². The molecule has 0 saturated carbocycles. The van der Waals surface area contributed by atoms with Crippen molar-refractivity contribution in [3.63, 3.8) is 0 Å². The first kappa shape index (κ1) is 30.8. The van der Waals surface area contributed by atoms with E-state index in [0.29, 0.717) is 12.8 Å². The van der Waals surface area contributed by atoms with Gasteiger partial charge in [0.05, 0.1) is 41.5 Å². The number of hydrogen-bond acceptors (Lipinski definition) is 3. The molecule has 2 aromatic carbocycles. The number of rotatable bonds is 10. The number of alkyl halides is 6. The van der Waals surface area contributed by atoms with E-state index in [-0.39, 0.29) is 27.9 Å². The molecule has 0 aliphatic carbocycles. The Kier molecular flexibility index (Phi) is 10.7. The van der Waals surface area contributed by atoms with Crippen LogP contribution in [0.4, 0.5) is 32.0 Å². The Morgan fingerprint density at radius 3 is 2.08 bits per heavy atom. The maximum atomic E-state index is 13.8. The van der Waals surface area contributed by atoms with E-state index in [1.165, 1.54) is 24.3 Å². The second-order valence-corrected chi connectivity index (χ2v) is 9.30. The molecular formula is C25H25Cl2F6NO3. The number of esters is 1. The number of halogens is 8. The van der Waals surface area contributed by atoms with Gasteiger partial charge in [-0.1, -0.05) is 61.7 Å². The average molecular weight is 572 g/mol. The zero-order valence-electron chi connectivity index (χ0n) is 19.9. The molecule has 2 rings (SSSR count). The van der Waals surface area contributed by atoms with Crippen molar-refractivity contribution in [1.29, 1.82) is 0 Å². The SMILES string of the molecule is CCCCOC(=O)C[C@@H](c1ccc(Cl)c(NC(=O)[C@H](c2ccc(Cl)cc2)[C@@H](C)C(F)(F)F)c1)C(F)(F)F. The van der Waals surface area contributed by atoms with Crippen LogP contribution in [0.2, 0.25) is 10.0 Å². The molecule has 4 nitrogen and oxygen atoms in total. The number of amides is 1. The highest BCUT2D eigenvalue weighted by Crippen LogP contribution is 2.41. The average Bonchev–Trinajstić information content (AvgIpc) is 2.79. The van der Waals surface area contributed by atoms with E-state index in [2.05, 4.69) is 5.32 Å². The van der Waals surface area contributed by atoms with Crippen molar-refractivity contribution in [2.75, 3.05) is 11.9 Å². The lowest BCUT2D eigenvalue weighted by Gasteiger charge is -2.26. The standard InChI is InChI=1S/C25H25Cl2F6NO3/c1-3-4-11-37-21(35)13-18(25(31,32)33)16-7-10-19(27)20(12-16)34-23(36)22(14(2)24(28,29)30)15-5-8-17(26)9-6-15/h5-10,12,14,18,22H,3-4,11,13H2,1-2H3,(H,34,36)/t14-,18+,22+/m1/s1. The second kappa shape index (κ2) is 12.9. The van der Waals surface area contributed by atoms with Crippen LogP contribution >= 0.6 is 23.2 Å². The van der Waals surface area contributed by atoms with Gasteiger partial charge in [-0.2, -0.15) is 26.3 Å². The predicted molar refractivity (Wildman–Crippen MR) is 129 cm³/mol. The fourth-order valence-electron chi connectivity index (χ4n) is 3.57. The monoisotopic (exact) mass is 571 g/mol. The van der Waals surface area contributed by atoms with E-state index in [0.717, 1.165) is 25.1 Å². The van der Waals surface area contributed by atoms with E-state index >= 15 is 0 Å². The first-order valence-corrected chi connectivity index (χ1v) is 12.1. The Labute approximate surface area is 220 Å². The summed E-state index contributed by atoms with van der Waals surface area (Å²) >= 11 is 11.9. The minimum atomic E-state index is -4.85. The molecule has 204 valence electrons. The summed E-state index contributed by atoms with van der Waals surface area (Å²) in [5, 5.41) is 2.28. The molecule has 0 spiro atoms. The van der Waals surface area contributed by atoms with Crippen LogP contribution in [0, 0.1) is 5.92 Å². The van der Waals surface area contributed by atoms with Crippen molar-refractivity contribution >= 4 is 40.8 Å². The van der Waals surface area contributed by atoms with Gasteiger partial charge in [0.25, 0.3) is 0 Å². The molecule has 0 aliphatic heterocycles. The van der Waals surface area contributed by atoms with Gasteiger partial charge in [0.2, 0.25) is 5.91 Å². The maximum absolute atomic E-state index is 13.8. The van der Waals surface area contributed by atoms with Crippen LogP contribution in [0.3, 0.4) is 0 Å². The molecule has 0 unspecified atom stereocenters. The number of nitrogens with one attached hydrogen (secondary N) is 1. The fourth-order valence-corrected chi connectivity index (χ4v) is 3.86. The van der Waals surface area contributed by atoms with Gasteiger partial charge in [0.1, 0.15) is 0 Å². The van der Waals surface area contributed by atoms with E-state index in [1.807, 2.05) is 6.92 Å². The van der Waals surface area contributed by atoms with Gasteiger partial charge in [-0.3, -0.25) is 9.59 Å². The molecule has 0 aliphatic rings. The third-order valence-corrected chi connectivity index (χ3v) is 6.29. The molecule has 0 radical (unpaired) electrons. The van der Waals surface area contributed by atoms with Gasteiger partial charge in [0, 0.05) is 5.02 Å². The Hall–Kier alpha value is -2.46. The summed E-state index contributed by atoms with van der Waals surface area (Å²) in [5.41, 5.74) is -0.736. The summed E-state index contributed by atoms with van der Waals surface area (Å²) in [7, 11) is 0. The molecule has 1 amide bonds. The third kappa shape index (κ3) is 8.81. The molecular weight excluding hydrogens is 547 g/mol. The number of hydrogen-bond donors (Lipinski definition) is 1. The summed E-state index contributed by atoms with van der Waals surface area (Å²) in [4.78, 5) is 25.0. The highest BCUT2D eigenvalue weighted by molar-refractivity contribution is 6.33. The Morgan fingerprint density at radius 1 is 0.946 bits per heavy atom. The summed E-state index contributed by atoms with van der Waals surface area (Å²) < 4.78 is 87.0. The Balaban J connectivity index is 2.38. The second-order valence-electron chi connectivity index (χ2n) is 8.46. The van der Waals surface area contributed by atoms with Crippen LogP contribution in [-0.4, -0.2) is 30.8 Å². The molecule has 0 saturated heterocycles. The van der Waals surface area contributed by atoms with Crippen molar-refractivity contribution in [1.82, 2.24) is 0 Å². The topological polar surface area (TPSA) is 55.4 Å². The Morgan fingerprint density at radius 2 is 1.54 bits per heavy atom. The summed E-state index contributed by atoms with van der Waals surface area (Å²) in [6.07, 6.45) is -9.45. The van der Waals surface area contributed by atoms with E-state index in [1.54, 1.807) is 0 Å². The molecule has 0 heterocycles. The smallest absolute Gasteiger partial charge is 0.396 e. The summed E-state index contributed by atoms with van der Waals surface area (Å²) in [6.45, 7) is 2.62. The molecule has 0 bridgehead atoms. The first-order chi connectivity index (χ1) is 17.1. The summed E-state index contributed by atoms with van der Waals surface area (Å²) in [6, 6.07) is 8.16. The minimum Gasteiger partial charge on any atom is -0.466 e. The summed E-state index contributed by atoms with van der Waals surface area (Å²) in [5.74, 6) is -8.36. The zero-order valence-corrected chi connectivity index (χ0v) is 21.4. The molecule has 3 atom stereocenters. The van der Waals surface area contributed by atoms with Crippen LogP contribution in [0.15, 0.2) is 42.5 Å². The van der Waals surface area contributed by atoms with Crippen molar-refractivity contribution in [2.24, 2.45) is 5.92 Å². The van der Waals surface area contributed by atoms with E-state index in [9.17, 15) is 35.9 Å². The van der Waals surface area contributed by atoms with Gasteiger partial charge in [-0.15, -0.1) is 0 Å². The molecule has 2 aromatic rings. The number of benzene rings is 2. The highest BCUT2D eigenvalue weighted by atomic mass is 35.5. The number of anilines is 1. The molecule has 37 heavy (non-hydrogen) atoms. The van der Waals surface area contributed by atoms with E-state index in [4.69, 9.17) is 27.9 Å². The largest absolute Gasteiger partial charge is 0.466 e. The third-order valence-electron chi connectivity index (χ3n) is 5.71. The molecule has 1 N–H and O–H groups in total.